The Morgan fingerprint density at radius 1 is 1.18 bits per heavy atom. The number of benzene rings is 2. The van der Waals surface area contributed by atoms with Gasteiger partial charge in [-0.1, -0.05) is 18.2 Å². The van der Waals surface area contributed by atoms with Crippen LogP contribution in [0.5, 0.6) is 5.75 Å². The van der Waals surface area contributed by atoms with E-state index in [1.165, 1.54) is 26.2 Å². The fraction of sp³-hybridized carbons (Fsp3) is 0.250. The van der Waals surface area contributed by atoms with Crippen molar-refractivity contribution in [1.82, 2.24) is 9.29 Å². The molecule has 174 valence electrons. The molecule has 1 amide bonds. The van der Waals surface area contributed by atoms with Gasteiger partial charge in [-0.2, -0.15) is 0 Å². The maximum absolute atomic E-state index is 12.6. The molecule has 1 aromatic heterocycles. The van der Waals surface area contributed by atoms with Gasteiger partial charge in [-0.15, -0.1) is 11.3 Å². The van der Waals surface area contributed by atoms with Gasteiger partial charge in [0, 0.05) is 36.8 Å². The summed E-state index contributed by atoms with van der Waals surface area (Å²) >= 11 is 1.57. The van der Waals surface area contributed by atoms with Crippen LogP contribution in [0.3, 0.4) is 0 Å². The number of nitrogens with zero attached hydrogens (tertiary/aromatic N) is 2. The number of amides is 1. The van der Waals surface area contributed by atoms with Crippen molar-refractivity contribution in [3.8, 4) is 5.75 Å². The first-order chi connectivity index (χ1) is 15.6. The van der Waals surface area contributed by atoms with Crippen LogP contribution in [0.15, 0.2) is 52.7 Å². The molecule has 0 saturated heterocycles. The molecule has 3 rings (SSSR count). The van der Waals surface area contributed by atoms with Crippen LogP contribution in [0, 0.1) is 20.8 Å². The lowest BCUT2D eigenvalue weighted by Crippen LogP contribution is -2.22. The number of nitrogens with one attached hydrogen (secondary N) is 1. The Hall–Kier alpha value is -3.01. The van der Waals surface area contributed by atoms with Crippen molar-refractivity contribution in [1.29, 1.82) is 0 Å². The van der Waals surface area contributed by atoms with Crippen molar-refractivity contribution in [2.45, 2.75) is 32.3 Å². The Morgan fingerprint density at radius 3 is 2.58 bits per heavy atom. The van der Waals surface area contributed by atoms with E-state index in [1.807, 2.05) is 50.4 Å². The van der Waals surface area contributed by atoms with E-state index in [2.05, 4.69) is 10.3 Å². The topological polar surface area (TPSA) is 88.6 Å². The van der Waals surface area contributed by atoms with Crippen LogP contribution in [0.1, 0.15) is 27.4 Å². The monoisotopic (exact) mass is 485 g/mol. The van der Waals surface area contributed by atoms with E-state index in [9.17, 15) is 13.2 Å². The van der Waals surface area contributed by atoms with Crippen LogP contribution >= 0.6 is 11.3 Å². The summed E-state index contributed by atoms with van der Waals surface area (Å²) in [7, 11) is -0.674. The average molecular weight is 486 g/mol. The van der Waals surface area contributed by atoms with Crippen molar-refractivity contribution in [3.63, 3.8) is 0 Å². The molecule has 0 saturated carbocycles. The maximum atomic E-state index is 12.6. The number of sulfonamides is 1. The van der Waals surface area contributed by atoms with Gasteiger partial charge in [0.05, 0.1) is 15.6 Å². The molecule has 9 heteroatoms. The molecule has 0 aliphatic carbocycles. The first-order valence-corrected chi connectivity index (χ1v) is 12.6. The number of aryl methyl sites for hydroxylation is 2. The Labute approximate surface area is 198 Å². The van der Waals surface area contributed by atoms with Crippen molar-refractivity contribution in [3.05, 3.63) is 75.2 Å². The molecule has 0 aliphatic heterocycles. The SMILES string of the molecule is Cc1nc(COc2ccccc2/C=C/C(=O)Nc2cc(S(=O)(=O)N(C)C)cc(C)c2C)cs1. The molecule has 7 nitrogen and oxygen atoms in total. The van der Waals surface area contributed by atoms with Crippen LogP contribution in [-0.2, 0) is 21.4 Å². The number of ether oxygens (including phenoxy) is 1. The molecule has 0 radical (unpaired) electrons. The number of thiazole rings is 1. The molecule has 3 aromatic rings. The first-order valence-electron chi connectivity index (χ1n) is 10.2. The molecule has 0 atom stereocenters. The summed E-state index contributed by atoms with van der Waals surface area (Å²) in [6.07, 6.45) is 3.07. The number of anilines is 1. The largest absolute Gasteiger partial charge is 0.487 e. The molecule has 0 bridgehead atoms. The van der Waals surface area contributed by atoms with Gasteiger partial charge >= 0.3 is 0 Å². The quantitative estimate of drug-likeness (QED) is 0.473. The third kappa shape index (κ3) is 6.07. The van der Waals surface area contributed by atoms with Gasteiger partial charge < -0.3 is 10.1 Å². The van der Waals surface area contributed by atoms with E-state index >= 15 is 0 Å². The van der Waals surface area contributed by atoms with E-state index in [0.29, 0.717) is 18.0 Å². The second kappa shape index (κ2) is 10.3. The van der Waals surface area contributed by atoms with Gasteiger partial charge in [-0.3, -0.25) is 4.79 Å². The maximum Gasteiger partial charge on any atom is 0.248 e. The standard InChI is InChI=1S/C24H27N3O4S2/c1-16-12-21(33(29,30)27(4)5)13-22(17(16)2)26-24(28)11-10-19-8-6-7-9-23(19)31-14-20-15-32-18(3)25-20/h6-13,15H,14H2,1-5H3,(H,26,28)/b11-10+. The Bertz CT molecular complexity index is 1290. The Balaban J connectivity index is 1.76. The first kappa shape index (κ1) is 24.6. The lowest BCUT2D eigenvalue weighted by atomic mass is 10.1. The smallest absolute Gasteiger partial charge is 0.248 e. The molecule has 2 aromatic carbocycles. The minimum atomic E-state index is -3.62. The zero-order valence-electron chi connectivity index (χ0n) is 19.2. The minimum absolute atomic E-state index is 0.130. The summed E-state index contributed by atoms with van der Waals surface area (Å²) < 4.78 is 32.1. The summed E-state index contributed by atoms with van der Waals surface area (Å²) in [6, 6.07) is 10.5. The van der Waals surface area contributed by atoms with Crippen LogP contribution in [0.2, 0.25) is 0 Å². The molecule has 1 heterocycles. The highest BCUT2D eigenvalue weighted by atomic mass is 32.2. The highest BCUT2D eigenvalue weighted by Gasteiger charge is 2.20. The second-order valence-electron chi connectivity index (χ2n) is 7.71. The van der Waals surface area contributed by atoms with E-state index in [-0.39, 0.29) is 10.8 Å². The fourth-order valence-electron chi connectivity index (χ4n) is 3.03. The van der Waals surface area contributed by atoms with Gasteiger partial charge in [0.2, 0.25) is 15.9 Å². The predicted molar refractivity (Wildman–Crippen MR) is 132 cm³/mol. The Morgan fingerprint density at radius 2 is 1.91 bits per heavy atom. The molecule has 0 unspecified atom stereocenters. The van der Waals surface area contributed by atoms with E-state index in [1.54, 1.807) is 23.5 Å². The summed E-state index contributed by atoms with van der Waals surface area (Å²) in [5.74, 6) is 0.264. The number of carbonyl (C=O) groups excluding carboxylic acids is 1. The minimum Gasteiger partial charge on any atom is -0.487 e. The van der Waals surface area contributed by atoms with Crippen LogP contribution in [0.4, 0.5) is 5.69 Å². The van der Waals surface area contributed by atoms with Crippen LogP contribution in [-0.4, -0.2) is 37.7 Å². The van der Waals surface area contributed by atoms with E-state index < -0.39 is 10.0 Å². The van der Waals surface area contributed by atoms with Gasteiger partial charge in [-0.05, 0) is 56.2 Å². The average Bonchev–Trinajstić information content (AvgIpc) is 3.19. The van der Waals surface area contributed by atoms with E-state index in [0.717, 1.165) is 31.7 Å². The van der Waals surface area contributed by atoms with Crippen LogP contribution < -0.4 is 10.1 Å². The highest BCUT2D eigenvalue weighted by Crippen LogP contribution is 2.26. The number of hydrogen-bond acceptors (Lipinski definition) is 6. The molecular weight excluding hydrogens is 458 g/mol. The predicted octanol–water partition coefficient (Wildman–Crippen LogP) is 4.55. The van der Waals surface area contributed by atoms with Crippen molar-refractivity contribution in [2.24, 2.45) is 0 Å². The lowest BCUT2D eigenvalue weighted by molar-refractivity contribution is -0.111. The third-order valence-corrected chi connectivity index (χ3v) is 7.67. The third-order valence-electron chi connectivity index (χ3n) is 5.05. The van der Waals surface area contributed by atoms with E-state index in [4.69, 9.17) is 4.74 Å². The van der Waals surface area contributed by atoms with Crippen molar-refractivity contribution < 1.29 is 17.9 Å². The summed E-state index contributed by atoms with van der Waals surface area (Å²) in [5, 5.41) is 5.73. The molecule has 0 spiro atoms. The molecule has 33 heavy (non-hydrogen) atoms. The summed E-state index contributed by atoms with van der Waals surface area (Å²) in [4.78, 5) is 17.2. The Kier molecular flexibility index (Phi) is 7.68. The fourth-order valence-corrected chi connectivity index (χ4v) is 4.64. The zero-order valence-corrected chi connectivity index (χ0v) is 20.9. The van der Waals surface area contributed by atoms with Gasteiger partial charge in [0.15, 0.2) is 0 Å². The van der Waals surface area contributed by atoms with Gasteiger partial charge in [-0.25, -0.2) is 17.7 Å². The number of rotatable bonds is 8. The van der Waals surface area contributed by atoms with Crippen molar-refractivity contribution >= 4 is 39.0 Å². The molecule has 0 aliphatic rings. The molecular formula is C24H27N3O4S2. The van der Waals surface area contributed by atoms with Gasteiger partial charge in [0.25, 0.3) is 0 Å². The normalized spacial score (nSPS) is 11.8. The lowest BCUT2D eigenvalue weighted by Gasteiger charge is -2.16. The number of para-hydroxylation sites is 1. The van der Waals surface area contributed by atoms with Crippen molar-refractivity contribution in [2.75, 3.05) is 19.4 Å². The summed E-state index contributed by atoms with van der Waals surface area (Å²) in [5.41, 5.74) is 3.63. The number of aromatic nitrogens is 1. The zero-order chi connectivity index (χ0) is 24.2. The molecule has 1 N–H and O–H groups in total. The number of hydrogen-bond donors (Lipinski definition) is 1. The summed E-state index contributed by atoms with van der Waals surface area (Å²) in [6.45, 7) is 5.93. The molecule has 0 fully saturated rings. The van der Waals surface area contributed by atoms with Crippen LogP contribution in [0.25, 0.3) is 6.08 Å². The highest BCUT2D eigenvalue weighted by molar-refractivity contribution is 7.89. The number of carbonyl (C=O) groups is 1. The second-order valence-corrected chi connectivity index (χ2v) is 10.9. The van der Waals surface area contributed by atoms with Gasteiger partial charge in [0.1, 0.15) is 12.4 Å².